The molecule has 0 aliphatic heterocycles. The van der Waals surface area contributed by atoms with Crippen molar-refractivity contribution in [2.45, 2.75) is 0 Å². The number of halogens is 3. The summed E-state index contributed by atoms with van der Waals surface area (Å²) in [5.74, 6) is 0. The minimum atomic E-state index is -0.683. The average molecular weight is 621 g/mol. The molecule has 0 saturated heterocycles. The first-order valence-corrected chi connectivity index (χ1v) is 30.4. The molecule has 0 heterocycles. The Hall–Kier alpha value is 3.03. The summed E-state index contributed by atoms with van der Waals surface area (Å²) in [4.78, 5) is 0. The topological polar surface area (TPSA) is 26.0 Å². The van der Waals surface area contributed by atoms with Gasteiger partial charge in [-0.3, -0.25) is 0 Å². The van der Waals surface area contributed by atoms with E-state index in [9.17, 15) is 0 Å². The van der Waals surface area contributed by atoms with Crippen LogP contribution in [0.3, 0.4) is 0 Å². The van der Waals surface area contributed by atoms with Crippen LogP contribution in [0.1, 0.15) is 0 Å². The number of nitrogens with two attached hydrogens (primary N) is 1. The van der Waals surface area contributed by atoms with Gasteiger partial charge in [-0.25, -0.2) is 0 Å². The molecule has 1 nitrogen and oxygen atoms in total. The summed E-state index contributed by atoms with van der Waals surface area (Å²) in [7, 11) is 0.817. The molecule has 0 unspecified atom stereocenters. The van der Waals surface area contributed by atoms with Crippen LogP contribution in [-0.4, -0.2) is 16.2 Å². The molecule has 0 aromatic carbocycles. The van der Waals surface area contributed by atoms with Crippen LogP contribution in [0, 0.1) is 0 Å². The molecule has 0 bridgehead atoms. The van der Waals surface area contributed by atoms with Crippen molar-refractivity contribution >= 4 is 63.3 Å². The molecular formula is CH5BiI3N. The quantitative estimate of drug-likeness (QED) is 0.325. The zero-order chi connectivity index (χ0) is 5.58. The molecule has 0 aromatic rings. The molecule has 5 heteroatoms. The van der Waals surface area contributed by atoms with E-state index in [2.05, 4.69) is 59.9 Å². The molecule has 0 radical (unpaired) electrons. The maximum absolute atomic E-state index is 4.50. The van der Waals surface area contributed by atoms with E-state index < -0.39 is 9.18 Å². The van der Waals surface area contributed by atoms with Gasteiger partial charge in [-0.2, -0.15) is 0 Å². The summed E-state index contributed by atoms with van der Waals surface area (Å²) in [6, 6.07) is 0. The third-order valence-corrected chi connectivity index (χ3v) is 0. The third kappa shape index (κ3) is 27.8. The van der Waals surface area contributed by atoms with Gasteiger partial charge >= 0.3 is 63.3 Å². The van der Waals surface area contributed by atoms with Crippen molar-refractivity contribution in [3.05, 3.63) is 0 Å². The van der Waals surface area contributed by atoms with Crippen molar-refractivity contribution in [3.63, 3.8) is 0 Å². The fraction of sp³-hybridized carbons (Fsp3) is 1.00. The van der Waals surface area contributed by atoms with E-state index in [1.54, 1.807) is 0 Å². The van der Waals surface area contributed by atoms with Crippen LogP contribution in [0.5, 0.6) is 0 Å². The second kappa shape index (κ2) is 10.9. The summed E-state index contributed by atoms with van der Waals surface area (Å²) in [5, 5.41) is 0. The van der Waals surface area contributed by atoms with Crippen molar-refractivity contribution < 1.29 is 0 Å². The van der Waals surface area contributed by atoms with Crippen LogP contribution in [-0.2, 0) is 0 Å². The molecule has 0 aliphatic rings. The Bertz CT molecular complexity index is 15.5. The van der Waals surface area contributed by atoms with E-state index in [0.717, 1.165) is 0 Å². The van der Waals surface area contributed by atoms with Gasteiger partial charge in [0.15, 0.2) is 0 Å². The van der Waals surface area contributed by atoms with Gasteiger partial charge in [-0.1, -0.05) is 0 Å². The van der Waals surface area contributed by atoms with Gasteiger partial charge in [-0.15, -0.1) is 0 Å². The summed E-state index contributed by atoms with van der Waals surface area (Å²) in [6.07, 6.45) is 0. The molecular weight excluding hydrogens is 616 g/mol. The van der Waals surface area contributed by atoms with Gasteiger partial charge in [0.25, 0.3) is 0 Å². The second-order valence-electron chi connectivity index (χ2n) is 0.192. The van der Waals surface area contributed by atoms with Gasteiger partial charge in [0.05, 0.1) is 0 Å². The number of hydrogen-bond donors (Lipinski definition) is 1. The Balaban J connectivity index is 0. The van der Waals surface area contributed by atoms with Gasteiger partial charge < -0.3 is 5.73 Å². The Kier molecular flexibility index (Phi) is 21.4. The summed E-state index contributed by atoms with van der Waals surface area (Å²) in [5.41, 5.74) is 4.50. The van der Waals surface area contributed by atoms with Crippen molar-refractivity contribution in [3.8, 4) is 0 Å². The first kappa shape index (κ1) is 11.8. The van der Waals surface area contributed by atoms with Crippen LogP contribution in [0.2, 0.25) is 0 Å². The van der Waals surface area contributed by atoms with Gasteiger partial charge in [-0.05, 0) is 7.05 Å². The predicted octanol–water partition coefficient (Wildman–Crippen LogP) is 1.85. The molecule has 0 fully saturated rings. The van der Waals surface area contributed by atoms with E-state index in [1.165, 1.54) is 7.05 Å². The number of hydrogen-bond acceptors (Lipinski definition) is 1. The molecule has 0 aliphatic carbocycles. The Morgan fingerprint density at radius 2 is 1.17 bits per heavy atom. The van der Waals surface area contributed by atoms with Gasteiger partial charge in [0, 0.05) is 0 Å². The monoisotopic (exact) mass is 621 g/mol. The third-order valence-electron chi connectivity index (χ3n) is 0. The van der Waals surface area contributed by atoms with Crippen molar-refractivity contribution in [1.29, 1.82) is 0 Å². The molecule has 6 heavy (non-hydrogen) atoms. The summed E-state index contributed by atoms with van der Waals surface area (Å²) >= 11 is 7.56. The number of rotatable bonds is 0. The summed E-state index contributed by atoms with van der Waals surface area (Å²) < 4.78 is 0. The van der Waals surface area contributed by atoms with Crippen LogP contribution in [0.15, 0.2) is 0 Å². The van der Waals surface area contributed by atoms with E-state index >= 15 is 0 Å². The fourth-order valence-corrected chi connectivity index (χ4v) is 0. The molecule has 2 N–H and O–H groups in total. The zero-order valence-corrected chi connectivity index (χ0v) is 13.1. The molecule has 0 rings (SSSR count). The maximum atomic E-state index is 4.50. The van der Waals surface area contributed by atoms with Crippen LogP contribution in [0.4, 0.5) is 0 Å². The molecule has 0 atom stereocenters. The van der Waals surface area contributed by atoms with Crippen molar-refractivity contribution in [2.75, 3.05) is 7.05 Å². The predicted molar refractivity (Wildman–Crippen MR) is 57.9 cm³/mol. The zero-order valence-electron chi connectivity index (χ0n) is 3.16. The Morgan fingerprint density at radius 1 is 1.17 bits per heavy atom. The Morgan fingerprint density at radius 3 is 1.17 bits per heavy atom. The first-order chi connectivity index (χ1) is 2.73. The molecule has 0 spiro atoms. The standard InChI is InChI=1S/CH5N.Bi.3HI/c1-2;;;;/h2H2,1H3;;3*1H/q;+3;;;/p-3. The van der Waals surface area contributed by atoms with Crippen LogP contribution in [0.25, 0.3) is 0 Å². The van der Waals surface area contributed by atoms with E-state index in [0.29, 0.717) is 0 Å². The van der Waals surface area contributed by atoms with E-state index in [-0.39, 0.29) is 0 Å². The van der Waals surface area contributed by atoms with Crippen LogP contribution < -0.4 is 5.73 Å². The fourth-order valence-electron chi connectivity index (χ4n) is 0. The molecule has 40 valence electrons. The molecule has 0 saturated carbocycles. The minimum absolute atomic E-state index is 0.683. The van der Waals surface area contributed by atoms with Crippen LogP contribution >= 0.6 is 54.1 Å². The van der Waals surface area contributed by atoms with Gasteiger partial charge in [0.1, 0.15) is 0 Å². The second-order valence-corrected chi connectivity index (χ2v) is 75.7. The summed E-state index contributed by atoms with van der Waals surface area (Å²) in [6.45, 7) is 0. The van der Waals surface area contributed by atoms with E-state index in [4.69, 9.17) is 0 Å². The molecule has 0 aromatic heterocycles. The first-order valence-electron chi connectivity index (χ1n) is 1.08. The van der Waals surface area contributed by atoms with Gasteiger partial charge in [0.2, 0.25) is 0 Å². The Labute approximate surface area is 73.9 Å². The average Bonchev–Trinajstić information content (AvgIpc) is 1.41. The molecule has 0 amide bonds. The SMILES string of the molecule is CN.[I][Bi]([I])[I]. The van der Waals surface area contributed by atoms with Crippen molar-refractivity contribution in [1.82, 2.24) is 0 Å². The normalized spacial score (nSPS) is 7.00. The van der Waals surface area contributed by atoms with Crippen molar-refractivity contribution in [2.24, 2.45) is 5.73 Å². The van der Waals surface area contributed by atoms with E-state index in [1.807, 2.05) is 0 Å².